The average Bonchev–Trinajstić information content (AvgIpc) is 2.76. The number of aryl methyl sites for hydroxylation is 1. The molecule has 0 unspecified atom stereocenters. The largest absolute Gasteiger partial charge is 0.478 e. The first kappa shape index (κ1) is 18.7. The van der Waals surface area contributed by atoms with Crippen molar-refractivity contribution >= 4 is 17.5 Å². The predicted molar refractivity (Wildman–Crippen MR) is 112 cm³/mol. The number of carbonyl (C=O) groups excluding carboxylic acids is 2. The molecular weight excluding hydrogens is 364 g/mol. The summed E-state index contributed by atoms with van der Waals surface area (Å²) in [6.45, 7) is 2.08. The Morgan fingerprint density at radius 2 is 1.72 bits per heavy atom. The van der Waals surface area contributed by atoms with Gasteiger partial charge in [-0.15, -0.1) is 0 Å². The van der Waals surface area contributed by atoms with E-state index in [0.717, 1.165) is 23.2 Å². The van der Waals surface area contributed by atoms with Crippen LogP contribution in [-0.4, -0.2) is 17.9 Å². The standard InChI is InChI=1S/C24H22N2O3/c1-2-16-7-6-10-20(15-16)29-22-21(17-11-13-18(14-12-17)23(25)27)26(24(22)28)19-8-4-3-5-9-19/h3-15,21-22H,2H2,1H3,(H2,25,27)/t21-,22-/m0/s1. The van der Waals surface area contributed by atoms with Crippen LogP contribution in [0.3, 0.4) is 0 Å². The molecule has 0 aromatic heterocycles. The fourth-order valence-electron chi connectivity index (χ4n) is 3.61. The van der Waals surface area contributed by atoms with Crippen LogP contribution < -0.4 is 15.4 Å². The van der Waals surface area contributed by atoms with Crippen molar-refractivity contribution in [3.8, 4) is 5.75 Å². The van der Waals surface area contributed by atoms with Gasteiger partial charge in [0.15, 0.2) is 0 Å². The van der Waals surface area contributed by atoms with E-state index in [4.69, 9.17) is 10.5 Å². The molecule has 5 nitrogen and oxygen atoms in total. The van der Waals surface area contributed by atoms with E-state index >= 15 is 0 Å². The van der Waals surface area contributed by atoms with Crippen LogP contribution >= 0.6 is 0 Å². The lowest BCUT2D eigenvalue weighted by atomic mass is 9.89. The maximum absolute atomic E-state index is 13.0. The van der Waals surface area contributed by atoms with Crippen molar-refractivity contribution in [1.29, 1.82) is 0 Å². The molecule has 1 saturated heterocycles. The van der Waals surface area contributed by atoms with E-state index in [-0.39, 0.29) is 11.9 Å². The summed E-state index contributed by atoms with van der Waals surface area (Å²) in [5, 5.41) is 0. The predicted octanol–water partition coefficient (Wildman–Crippen LogP) is 3.88. The van der Waals surface area contributed by atoms with Gasteiger partial charge in [-0.25, -0.2) is 0 Å². The van der Waals surface area contributed by atoms with Crippen LogP contribution in [0.15, 0.2) is 78.9 Å². The minimum atomic E-state index is -0.637. The van der Waals surface area contributed by atoms with Gasteiger partial charge in [0.25, 0.3) is 5.91 Å². The quantitative estimate of drug-likeness (QED) is 0.654. The van der Waals surface area contributed by atoms with E-state index in [1.165, 1.54) is 0 Å². The molecule has 29 heavy (non-hydrogen) atoms. The number of hydrogen-bond donors (Lipinski definition) is 1. The van der Waals surface area contributed by atoms with Crippen LogP contribution in [0.1, 0.15) is 34.5 Å². The second-order valence-electron chi connectivity index (χ2n) is 7.01. The molecule has 146 valence electrons. The Labute approximate surface area is 169 Å². The van der Waals surface area contributed by atoms with Gasteiger partial charge in [0.2, 0.25) is 12.0 Å². The molecule has 3 aromatic rings. The molecule has 0 saturated carbocycles. The second kappa shape index (κ2) is 7.80. The maximum atomic E-state index is 13.0. The monoisotopic (exact) mass is 386 g/mol. The number of para-hydroxylation sites is 1. The SMILES string of the molecule is CCc1cccc(O[C@@H]2C(=O)N(c3ccccc3)[C@H]2c2ccc(C(N)=O)cc2)c1. The first-order chi connectivity index (χ1) is 14.1. The van der Waals surface area contributed by atoms with Gasteiger partial charge in [-0.3, -0.25) is 14.5 Å². The molecule has 1 fully saturated rings. The van der Waals surface area contributed by atoms with Crippen LogP contribution in [0.4, 0.5) is 5.69 Å². The Morgan fingerprint density at radius 3 is 2.38 bits per heavy atom. The molecule has 1 aliphatic heterocycles. The lowest BCUT2D eigenvalue weighted by molar-refractivity contribution is -0.135. The summed E-state index contributed by atoms with van der Waals surface area (Å²) >= 11 is 0. The highest BCUT2D eigenvalue weighted by Crippen LogP contribution is 2.41. The van der Waals surface area contributed by atoms with Crippen LogP contribution in [0.2, 0.25) is 0 Å². The molecule has 1 heterocycles. The Kier molecular flexibility index (Phi) is 5.04. The van der Waals surface area contributed by atoms with Crippen molar-refractivity contribution in [2.75, 3.05) is 4.90 Å². The number of anilines is 1. The molecule has 0 aliphatic carbocycles. The summed E-state index contributed by atoms with van der Waals surface area (Å²) in [6, 6.07) is 24.0. The molecule has 0 radical (unpaired) electrons. The van der Waals surface area contributed by atoms with Gasteiger partial charge in [0, 0.05) is 11.3 Å². The van der Waals surface area contributed by atoms with Crippen molar-refractivity contribution in [2.24, 2.45) is 5.73 Å². The molecule has 2 atom stereocenters. The highest BCUT2D eigenvalue weighted by atomic mass is 16.5. The number of β-lactam (4-membered cyclic amide) rings is 1. The molecule has 1 aliphatic rings. The third-order valence-electron chi connectivity index (χ3n) is 5.19. The molecule has 2 N–H and O–H groups in total. The minimum absolute atomic E-state index is 0.0953. The normalized spacial score (nSPS) is 18.2. The zero-order chi connectivity index (χ0) is 20.4. The van der Waals surface area contributed by atoms with Gasteiger partial charge >= 0.3 is 0 Å². The van der Waals surface area contributed by atoms with Gasteiger partial charge in [-0.2, -0.15) is 0 Å². The van der Waals surface area contributed by atoms with Crippen molar-refractivity contribution in [2.45, 2.75) is 25.5 Å². The summed E-state index contributed by atoms with van der Waals surface area (Å²) in [6.07, 6.45) is 0.256. The van der Waals surface area contributed by atoms with Crippen LogP contribution in [0.25, 0.3) is 0 Å². The molecular formula is C24H22N2O3. The second-order valence-corrected chi connectivity index (χ2v) is 7.01. The Morgan fingerprint density at radius 1 is 1.00 bits per heavy atom. The minimum Gasteiger partial charge on any atom is -0.478 e. The highest BCUT2D eigenvalue weighted by molar-refractivity contribution is 6.05. The third-order valence-corrected chi connectivity index (χ3v) is 5.19. The molecule has 5 heteroatoms. The van der Waals surface area contributed by atoms with Gasteiger partial charge in [-0.1, -0.05) is 49.4 Å². The first-order valence-corrected chi connectivity index (χ1v) is 9.62. The van der Waals surface area contributed by atoms with Crippen molar-refractivity contribution in [3.05, 3.63) is 95.6 Å². The average molecular weight is 386 g/mol. The third kappa shape index (κ3) is 3.59. The fourth-order valence-corrected chi connectivity index (χ4v) is 3.61. The summed E-state index contributed by atoms with van der Waals surface area (Å²) in [5.74, 6) is 0.0987. The number of nitrogens with two attached hydrogens (primary N) is 1. The van der Waals surface area contributed by atoms with Crippen LogP contribution in [-0.2, 0) is 11.2 Å². The Hall–Kier alpha value is -3.60. The molecule has 0 spiro atoms. The van der Waals surface area contributed by atoms with Crippen molar-refractivity contribution in [3.63, 3.8) is 0 Å². The molecule has 3 aromatic carbocycles. The lowest BCUT2D eigenvalue weighted by Gasteiger charge is -2.46. The lowest BCUT2D eigenvalue weighted by Crippen LogP contribution is -2.61. The van der Waals surface area contributed by atoms with Crippen LogP contribution in [0.5, 0.6) is 5.75 Å². The van der Waals surface area contributed by atoms with Gasteiger partial charge in [0.1, 0.15) is 11.8 Å². The Balaban J connectivity index is 1.67. The smallest absolute Gasteiger partial charge is 0.271 e. The number of carbonyl (C=O) groups is 2. The van der Waals surface area contributed by atoms with Crippen molar-refractivity contribution in [1.82, 2.24) is 0 Å². The molecule has 4 rings (SSSR count). The van der Waals surface area contributed by atoms with Crippen LogP contribution in [0, 0.1) is 0 Å². The summed E-state index contributed by atoms with van der Waals surface area (Å²) < 4.78 is 6.12. The van der Waals surface area contributed by atoms with E-state index in [0.29, 0.717) is 11.3 Å². The van der Waals surface area contributed by atoms with E-state index in [2.05, 4.69) is 6.92 Å². The number of hydrogen-bond acceptors (Lipinski definition) is 3. The van der Waals surface area contributed by atoms with E-state index in [1.54, 1.807) is 17.0 Å². The van der Waals surface area contributed by atoms with E-state index < -0.39 is 12.0 Å². The number of amides is 2. The van der Waals surface area contributed by atoms with E-state index in [9.17, 15) is 9.59 Å². The zero-order valence-corrected chi connectivity index (χ0v) is 16.1. The number of ether oxygens (including phenoxy) is 1. The van der Waals surface area contributed by atoms with Crippen molar-refractivity contribution < 1.29 is 14.3 Å². The van der Waals surface area contributed by atoms with Gasteiger partial charge < -0.3 is 10.5 Å². The summed E-state index contributed by atoms with van der Waals surface area (Å²) in [4.78, 5) is 26.1. The molecule has 2 amide bonds. The highest BCUT2D eigenvalue weighted by Gasteiger charge is 2.51. The summed E-state index contributed by atoms with van der Waals surface area (Å²) in [7, 11) is 0. The molecule has 0 bridgehead atoms. The Bertz CT molecular complexity index is 1030. The fraction of sp³-hybridized carbons (Fsp3) is 0.167. The first-order valence-electron chi connectivity index (χ1n) is 9.62. The number of benzene rings is 3. The summed E-state index contributed by atoms with van der Waals surface area (Å²) in [5.41, 5.74) is 8.63. The number of primary amides is 1. The number of rotatable bonds is 6. The van der Waals surface area contributed by atoms with Gasteiger partial charge in [-0.05, 0) is 53.9 Å². The zero-order valence-electron chi connectivity index (χ0n) is 16.1. The topological polar surface area (TPSA) is 72.6 Å². The maximum Gasteiger partial charge on any atom is 0.271 e. The number of nitrogens with zero attached hydrogens (tertiary/aromatic N) is 1. The van der Waals surface area contributed by atoms with Gasteiger partial charge in [0.05, 0.1) is 0 Å². The van der Waals surface area contributed by atoms with E-state index in [1.807, 2.05) is 66.7 Å².